The first-order valence-corrected chi connectivity index (χ1v) is 6.62. The van der Waals surface area contributed by atoms with Gasteiger partial charge < -0.3 is 10.1 Å². The van der Waals surface area contributed by atoms with Crippen LogP contribution in [0.5, 0.6) is 0 Å². The minimum atomic E-state index is 0. The van der Waals surface area contributed by atoms with Gasteiger partial charge in [0.05, 0.1) is 6.10 Å². The Morgan fingerprint density at radius 3 is 2.39 bits per heavy atom. The third-order valence-corrected chi connectivity index (χ3v) is 3.02. The van der Waals surface area contributed by atoms with Crippen LogP contribution < -0.4 is 5.32 Å². The Kier molecular flexibility index (Phi) is 9.88. The highest BCUT2D eigenvalue weighted by Crippen LogP contribution is 2.23. The van der Waals surface area contributed by atoms with Crippen molar-refractivity contribution in [1.82, 2.24) is 5.32 Å². The van der Waals surface area contributed by atoms with Crippen LogP contribution in [0.25, 0.3) is 0 Å². The van der Waals surface area contributed by atoms with E-state index >= 15 is 0 Å². The number of rotatable bonds is 7. The first-order valence-electron chi connectivity index (χ1n) is 5.86. The van der Waals surface area contributed by atoms with Crippen molar-refractivity contribution in [3.8, 4) is 0 Å². The molecule has 0 radical (unpaired) electrons. The van der Waals surface area contributed by atoms with Crippen LogP contribution in [-0.2, 0) is 11.3 Å². The molecule has 0 aliphatic rings. The van der Waals surface area contributed by atoms with E-state index < -0.39 is 0 Å². The van der Waals surface area contributed by atoms with E-state index in [0.717, 1.165) is 25.1 Å². The molecule has 1 N–H and O–H groups in total. The Morgan fingerprint density at radius 2 is 1.83 bits per heavy atom. The molecule has 1 aromatic rings. The second-order valence-electron chi connectivity index (χ2n) is 4.15. The van der Waals surface area contributed by atoms with Gasteiger partial charge in [0.25, 0.3) is 0 Å². The first kappa shape index (κ1) is 18.0. The zero-order valence-corrected chi connectivity index (χ0v) is 13.0. The fourth-order valence-corrected chi connectivity index (χ4v) is 1.96. The van der Waals surface area contributed by atoms with Crippen LogP contribution in [-0.4, -0.2) is 19.3 Å². The van der Waals surface area contributed by atoms with E-state index in [1.54, 1.807) is 0 Å². The number of ether oxygens (including phenoxy) is 1. The zero-order valence-electron chi connectivity index (χ0n) is 10.7. The summed E-state index contributed by atoms with van der Waals surface area (Å²) in [6, 6.07) is 5.56. The van der Waals surface area contributed by atoms with Crippen molar-refractivity contribution in [3.63, 3.8) is 0 Å². The van der Waals surface area contributed by atoms with Crippen molar-refractivity contribution in [1.29, 1.82) is 0 Å². The molecule has 18 heavy (non-hydrogen) atoms. The quantitative estimate of drug-likeness (QED) is 0.757. The highest BCUT2D eigenvalue weighted by atomic mass is 35.5. The minimum Gasteiger partial charge on any atom is -0.379 e. The van der Waals surface area contributed by atoms with Gasteiger partial charge in [0.1, 0.15) is 0 Å². The highest BCUT2D eigenvalue weighted by Gasteiger charge is 2.04. The number of hydrogen-bond acceptors (Lipinski definition) is 2. The smallest absolute Gasteiger partial charge is 0.0518 e. The maximum absolute atomic E-state index is 6.06. The summed E-state index contributed by atoms with van der Waals surface area (Å²) < 4.78 is 5.45. The second-order valence-corrected chi connectivity index (χ2v) is 4.96. The van der Waals surface area contributed by atoms with Crippen LogP contribution in [0.15, 0.2) is 18.2 Å². The molecule has 0 unspecified atom stereocenters. The molecule has 104 valence electrons. The summed E-state index contributed by atoms with van der Waals surface area (Å²) in [7, 11) is 0. The molecule has 0 spiro atoms. The predicted molar refractivity (Wildman–Crippen MR) is 81.1 cm³/mol. The van der Waals surface area contributed by atoms with Gasteiger partial charge in [0, 0.05) is 28.8 Å². The van der Waals surface area contributed by atoms with E-state index in [2.05, 4.69) is 5.32 Å². The minimum absolute atomic E-state index is 0. The number of benzene rings is 1. The molecule has 2 nitrogen and oxygen atoms in total. The van der Waals surface area contributed by atoms with Gasteiger partial charge in [-0.15, -0.1) is 12.4 Å². The summed E-state index contributed by atoms with van der Waals surface area (Å²) in [5, 5.41) is 4.73. The maximum Gasteiger partial charge on any atom is 0.0518 e. The van der Waals surface area contributed by atoms with Gasteiger partial charge in [0.2, 0.25) is 0 Å². The molecular weight excluding hydrogens is 293 g/mol. The van der Waals surface area contributed by atoms with E-state index in [1.807, 2.05) is 32.0 Å². The van der Waals surface area contributed by atoms with Crippen LogP contribution in [0.2, 0.25) is 10.0 Å². The molecule has 0 fully saturated rings. The number of nitrogens with one attached hydrogen (secondary N) is 1. The average Bonchev–Trinajstić information content (AvgIpc) is 2.26. The lowest BCUT2D eigenvalue weighted by atomic mass is 10.2. The highest BCUT2D eigenvalue weighted by molar-refractivity contribution is 6.35. The van der Waals surface area contributed by atoms with Gasteiger partial charge in [-0.2, -0.15) is 0 Å². The van der Waals surface area contributed by atoms with Crippen molar-refractivity contribution in [3.05, 3.63) is 33.8 Å². The zero-order chi connectivity index (χ0) is 12.7. The third kappa shape index (κ3) is 6.81. The molecule has 0 saturated heterocycles. The first-order chi connectivity index (χ1) is 8.11. The third-order valence-electron chi connectivity index (χ3n) is 2.31. The van der Waals surface area contributed by atoms with Gasteiger partial charge in [-0.25, -0.2) is 0 Å². The van der Waals surface area contributed by atoms with Crippen molar-refractivity contribution in [2.75, 3.05) is 13.2 Å². The van der Waals surface area contributed by atoms with Crippen LogP contribution in [0.4, 0.5) is 0 Å². The topological polar surface area (TPSA) is 21.3 Å². The van der Waals surface area contributed by atoms with Gasteiger partial charge in [-0.3, -0.25) is 0 Å². The Morgan fingerprint density at radius 1 is 1.22 bits per heavy atom. The molecule has 0 atom stereocenters. The summed E-state index contributed by atoms with van der Waals surface area (Å²) in [6.07, 6.45) is 1.29. The normalized spacial score (nSPS) is 10.5. The molecule has 0 aliphatic carbocycles. The lowest BCUT2D eigenvalue weighted by Gasteiger charge is -2.10. The van der Waals surface area contributed by atoms with Gasteiger partial charge in [-0.05, 0) is 38.9 Å². The van der Waals surface area contributed by atoms with Gasteiger partial charge >= 0.3 is 0 Å². The SMILES string of the molecule is CC(C)OCCCNCc1c(Cl)cccc1Cl.Cl. The summed E-state index contributed by atoms with van der Waals surface area (Å²) in [4.78, 5) is 0. The summed E-state index contributed by atoms with van der Waals surface area (Å²) >= 11 is 12.1. The summed E-state index contributed by atoms with van der Waals surface area (Å²) in [5.41, 5.74) is 0.959. The van der Waals surface area contributed by atoms with Crippen molar-refractivity contribution in [2.45, 2.75) is 32.9 Å². The summed E-state index contributed by atoms with van der Waals surface area (Å²) in [6.45, 7) is 6.45. The molecule has 0 amide bonds. The van der Waals surface area contributed by atoms with E-state index in [1.165, 1.54) is 0 Å². The molecule has 0 aliphatic heterocycles. The van der Waals surface area contributed by atoms with Crippen molar-refractivity contribution in [2.24, 2.45) is 0 Å². The van der Waals surface area contributed by atoms with Crippen LogP contribution >= 0.6 is 35.6 Å². The Balaban J connectivity index is 0.00000289. The van der Waals surface area contributed by atoms with Gasteiger partial charge in [0.15, 0.2) is 0 Å². The monoisotopic (exact) mass is 311 g/mol. The van der Waals surface area contributed by atoms with Crippen molar-refractivity contribution >= 4 is 35.6 Å². The second kappa shape index (κ2) is 9.88. The number of hydrogen-bond donors (Lipinski definition) is 1. The molecule has 0 heterocycles. The molecule has 1 aromatic carbocycles. The van der Waals surface area contributed by atoms with Crippen LogP contribution in [0.3, 0.4) is 0 Å². The number of halogens is 3. The van der Waals surface area contributed by atoms with Crippen LogP contribution in [0, 0.1) is 0 Å². The van der Waals surface area contributed by atoms with E-state index in [4.69, 9.17) is 27.9 Å². The lowest BCUT2D eigenvalue weighted by Crippen LogP contribution is -2.17. The van der Waals surface area contributed by atoms with Crippen LogP contribution in [0.1, 0.15) is 25.8 Å². The fraction of sp³-hybridized carbons (Fsp3) is 0.538. The fourth-order valence-electron chi connectivity index (χ4n) is 1.43. The van der Waals surface area contributed by atoms with Gasteiger partial charge in [-0.1, -0.05) is 29.3 Å². The largest absolute Gasteiger partial charge is 0.379 e. The Hall–Kier alpha value is 0.01000. The average molecular weight is 313 g/mol. The Bertz CT molecular complexity index is 325. The van der Waals surface area contributed by atoms with E-state index in [0.29, 0.717) is 22.7 Å². The lowest BCUT2D eigenvalue weighted by molar-refractivity contribution is 0.0770. The van der Waals surface area contributed by atoms with E-state index in [-0.39, 0.29) is 12.4 Å². The van der Waals surface area contributed by atoms with Crippen molar-refractivity contribution < 1.29 is 4.74 Å². The molecule has 5 heteroatoms. The molecule has 1 rings (SSSR count). The summed E-state index contributed by atoms with van der Waals surface area (Å²) in [5.74, 6) is 0. The molecule has 0 aromatic heterocycles. The molecule has 0 bridgehead atoms. The Labute approximate surface area is 125 Å². The predicted octanol–water partition coefficient (Wildman–Crippen LogP) is 4.32. The maximum atomic E-state index is 6.06. The molecular formula is C13H20Cl3NO. The standard InChI is InChI=1S/C13H19Cl2NO.ClH/c1-10(2)17-8-4-7-16-9-11-12(14)5-3-6-13(11)15;/h3,5-6,10,16H,4,7-9H2,1-2H3;1H. The van der Waals surface area contributed by atoms with E-state index in [9.17, 15) is 0 Å². The molecule has 0 saturated carbocycles.